The van der Waals surface area contributed by atoms with Crippen LogP contribution in [0.3, 0.4) is 0 Å². The van der Waals surface area contributed by atoms with E-state index in [-0.39, 0.29) is 10.2 Å². The molecule has 3 aromatic rings. The van der Waals surface area contributed by atoms with Gasteiger partial charge in [-0.25, -0.2) is 14.4 Å². The fourth-order valence-electron chi connectivity index (χ4n) is 1.80. The maximum atomic E-state index is 13.6. The number of hydrogen-bond donors (Lipinski definition) is 1. The molecule has 2 N–H and O–H groups in total. The Balaban J connectivity index is 2.08. The van der Waals surface area contributed by atoms with Gasteiger partial charge in [-0.3, -0.25) is 0 Å². The van der Waals surface area contributed by atoms with Crippen LogP contribution in [-0.2, 0) is 0 Å². The first kappa shape index (κ1) is 12.8. The van der Waals surface area contributed by atoms with Crippen molar-refractivity contribution in [3.63, 3.8) is 0 Å². The second-order valence-electron chi connectivity index (χ2n) is 4.10. The summed E-state index contributed by atoms with van der Waals surface area (Å²) >= 11 is 3.07. The zero-order chi connectivity index (χ0) is 14.1. The van der Waals surface area contributed by atoms with Gasteiger partial charge in [-0.05, 0) is 34.1 Å². The van der Waals surface area contributed by atoms with E-state index in [1.807, 2.05) is 24.3 Å². The molecule has 0 saturated heterocycles. The lowest BCUT2D eigenvalue weighted by Gasteiger charge is -2.10. The van der Waals surface area contributed by atoms with E-state index in [4.69, 9.17) is 10.5 Å². The number of nitrogens with zero attached hydrogens (tertiary/aromatic N) is 2. The van der Waals surface area contributed by atoms with Crippen LogP contribution in [-0.4, -0.2) is 9.97 Å². The molecule has 100 valence electrons. The Morgan fingerprint density at radius 1 is 1.15 bits per heavy atom. The quantitative estimate of drug-likeness (QED) is 0.722. The highest BCUT2D eigenvalue weighted by molar-refractivity contribution is 9.10. The summed E-state index contributed by atoms with van der Waals surface area (Å²) in [5.74, 6) is 0.103. The molecular formula is C14H9BrFN3O. The van der Waals surface area contributed by atoms with Crippen molar-refractivity contribution in [3.05, 3.63) is 53.0 Å². The van der Waals surface area contributed by atoms with Crippen molar-refractivity contribution in [2.45, 2.75) is 0 Å². The Bertz CT molecular complexity index is 789. The molecule has 0 aliphatic heterocycles. The number of rotatable bonds is 2. The van der Waals surface area contributed by atoms with Gasteiger partial charge in [-0.2, -0.15) is 0 Å². The molecule has 1 aromatic heterocycles. The second-order valence-corrected chi connectivity index (χ2v) is 4.96. The summed E-state index contributed by atoms with van der Waals surface area (Å²) in [5, 5.41) is 0.734. The third kappa shape index (κ3) is 2.30. The van der Waals surface area contributed by atoms with E-state index in [0.29, 0.717) is 11.6 Å². The van der Waals surface area contributed by atoms with Crippen molar-refractivity contribution >= 4 is 32.5 Å². The molecule has 0 atom stereocenters. The minimum atomic E-state index is -0.451. The van der Waals surface area contributed by atoms with Gasteiger partial charge in [-0.1, -0.05) is 12.1 Å². The molecule has 4 nitrogen and oxygen atoms in total. The first-order chi connectivity index (χ1) is 9.65. The van der Waals surface area contributed by atoms with Gasteiger partial charge in [-0.15, -0.1) is 0 Å². The Hall–Kier alpha value is -2.21. The van der Waals surface area contributed by atoms with Crippen LogP contribution in [0, 0.1) is 5.82 Å². The molecule has 1 heterocycles. The number of fused-ring (bicyclic) bond motifs is 1. The van der Waals surface area contributed by atoms with Gasteiger partial charge in [0.2, 0.25) is 5.88 Å². The molecular weight excluding hydrogens is 325 g/mol. The summed E-state index contributed by atoms with van der Waals surface area (Å²) in [7, 11) is 0. The number of nitrogen functional groups attached to an aromatic ring is 1. The number of anilines is 1. The molecule has 0 aliphatic rings. The third-order valence-corrected chi connectivity index (χ3v) is 3.37. The fourth-order valence-corrected chi connectivity index (χ4v) is 2.16. The van der Waals surface area contributed by atoms with Gasteiger partial charge in [0.1, 0.15) is 12.1 Å². The van der Waals surface area contributed by atoms with E-state index in [9.17, 15) is 4.39 Å². The highest BCUT2D eigenvalue weighted by Gasteiger charge is 2.11. The van der Waals surface area contributed by atoms with E-state index in [1.54, 1.807) is 0 Å². The average molecular weight is 334 g/mol. The molecule has 0 unspecified atom stereocenters. The predicted octanol–water partition coefficient (Wildman–Crippen LogP) is 3.91. The Kier molecular flexibility index (Phi) is 3.23. The van der Waals surface area contributed by atoms with Gasteiger partial charge in [0.05, 0.1) is 21.1 Å². The van der Waals surface area contributed by atoms with Crippen LogP contribution >= 0.6 is 15.9 Å². The van der Waals surface area contributed by atoms with Gasteiger partial charge in [0, 0.05) is 6.07 Å². The largest absolute Gasteiger partial charge is 0.436 e. The van der Waals surface area contributed by atoms with Crippen LogP contribution in [0.1, 0.15) is 0 Å². The third-order valence-electron chi connectivity index (χ3n) is 2.77. The standard InChI is InChI=1S/C14H9BrFN3O/c15-9-5-11(17)13(6-10(9)16)20-14-8-3-1-2-4-12(8)18-7-19-14/h1-7H,17H2. The predicted molar refractivity (Wildman–Crippen MR) is 78.1 cm³/mol. The SMILES string of the molecule is Nc1cc(Br)c(F)cc1Oc1ncnc2ccccc12. The number of halogens is 2. The lowest BCUT2D eigenvalue weighted by atomic mass is 10.2. The van der Waals surface area contributed by atoms with Crippen molar-refractivity contribution in [1.82, 2.24) is 9.97 Å². The zero-order valence-electron chi connectivity index (χ0n) is 10.2. The number of aromatic nitrogens is 2. The van der Waals surface area contributed by atoms with Crippen LogP contribution in [0.5, 0.6) is 11.6 Å². The molecule has 0 aliphatic carbocycles. The van der Waals surface area contributed by atoms with E-state index in [1.165, 1.54) is 18.5 Å². The molecule has 2 aromatic carbocycles. The molecule has 3 rings (SSSR count). The minimum absolute atomic E-state index is 0.217. The molecule has 0 amide bonds. The fraction of sp³-hybridized carbons (Fsp3) is 0. The maximum Gasteiger partial charge on any atom is 0.230 e. The molecule has 0 fully saturated rings. The van der Waals surface area contributed by atoms with E-state index >= 15 is 0 Å². The second kappa shape index (κ2) is 5.05. The summed E-state index contributed by atoms with van der Waals surface area (Å²) in [6.07, 6.45) is 1.39. The topological polar surface area (TPSA) is 61.0 Å². The summed E-state index contributed by atoms with van der Waals surface area (Å²) < 4.78 is 19.5. The first-order valence-electron chi connectivity index (χ1n) is 5.77. The molecule has 0 saturated carbocycles. The minimum Gasteiger partial charge on any atom is -0.436 e. The normalized spacial score (nSPS) is 10.7. The molecule has 0 spiro atoms. The Labute approximate surface area is 122 Å². The molecule has 6 heteroatoms. The van der Waals surface area contributed by atoms with Crippen LogP contribution in [0.15, 0.2) is 47.2 Å². The van der Waals surface area contributed by atoms with Crippen molar-refractivity contribution in [2.75, 3.05) is 5.73 Å². The van der Waals surface area contributed by atoms with E-state index in [0.717, 1.165) is 10.9 Å². The number of ether oxygens (including phenoxy) is 1. The summed E-state index contributed by atoms with van der Waals surface area (Å²) in [5.41, 5.74) is 6.88. The number of hydrogen-bond acceptors (Lipinski definition) is 4. The van der Waals surface area contributed by atoms with Gasteiger partial charge >= 0.3 is 0 Å². The molecule has 0 bridgehead atoms. The first-order valence-corrected chi connectivity index (χ1v) is 6.56. The molecule has 0 radical (unpaired) electrons. The Morgan fingerprint density at radius 2 is 1.95 bits per heavy atom. The van der Waals surface area contributed by atoms with E-state index in [2.05, 4.69) is 25.9 Å². The lowest BCUT2D eigenvalue weighted by Crippen LogP contribution is -1.96. The van der Waals surface area contributed by atoms with Gasteiger partial charge in [0.15, 0.2) is 5.75 Å². The zero-order valence-corrected chi connectivity index (χ0v) is 11.8. The van der Waals surface area contributed by atoms with Crippen LogP contribution < -0.4 is 10.5 Å². The molecule has 20 heavy (non-hydrogen) atoms. The summed E-state index contributed by atoms with van der Waals surface area (Å²) in [6.45, 7) is 0. The van der Waals surface area contributed by atoms with Gasteiger partial charge < -0.3 is 10.5 Å². The van der Waals surface area contributed by atoms with Crippen LogP contribution in [0.2, 0.25) is 0 Å². The summed E-state index contributed by atoms with van der Waals surface area (Å²) in [4.78, 5) is 8.21. The van der Waals surface area contributed by atoms with Crippen LogP contribution in [0.4, 0.5) is 10.1 Å². The highest BCUT2D eigenvalue weighted by Crippen LogP contribution is 2.33. The van der Waals surface area contributed by atoms with Crippen molar-refractivity contribution in [3.8, 4) is 11.6 Å². The van der Waals surface area contributed by atoms with Gasteiger partial charge in [0.25, 0.3) is 0 Å². The monoisotopic (exact) mass is 333 g/mol. The van der Waals surface area contributed by atoms with E-state index < -0.39 is 5.82 Å². The maximum absolute atomic E-state index is 13.6. The number of benzene rings is 2. The van der Waals surface area contributed by atoms with Crippen molar-refractivity contribution in [2.24, 2.45) is 0 Å². The van der Waals surface area contributed by atoms with Crippen molar-refractivity contribution < 1.29 is 9.13 Å². The number of para-hydroxylation sites is 1. The van der Waals surface area contributed by atoms with Crippen molar-refractivity contribution in [1.29, 1.82) is 0 Å². The highest BCUT2D eigenvalue weighted by atomic mass is 79.9. The van der Waals surface area contributed by atoms with Crippen LogP contribution in [0.25, 0.3) is 10.9 Å². The number of nitrogens with two attached hydrogens (primary N) is 1. The lowest BCUT2D eigenvalue weighted by molar-refractivity contribution is 0.465. The average Bonchev–Trinajstić information content (AvgIpc) is 2.45. The summed E-state index contributed by atoms with van der Waals surface area (Å²) in [6, 6.07) is 10.1. The Morgan fingerprint density at radius 3 is 2.80 bits per heavy atom. The smallest absolute Gasteiger partial charge is 0.230 e.